The molecule has 1 unspecified atom stereocenters. The van der Waals surface area contributed by atoms with Crippen LogP contribution in [-0.4, -0.2) is 85.4 Å². The number of nitrogens with zero attached hydrogens (tertiary/aromatic N) is 5. The molecule has 0 spiro atoms. The Kier molecular flexibility index (Phi) is 7.39. The van der Waals surface area contributed by atoms with Crippen LogP contribution in [0, 0.1) is 5.82 Å². The predicted molar refractivity (Wildman–Crippen MR) is 124 cm³/mol. The van der Waals surface area contributed by atoms with Gasteiger partial charge in [0.15, 0.2) is 6.23 Å². The highest BCUT2D eigenvalue weighted by Gasteiger charge is 2.33. The van der Waals surface area contributed by atoms with Gasteiger partial charge in [-0.3, -0.25) is 14.5 Å². The third kappa shape index (κ3) is 5.48. The van der Waals surface area contributed by atoms with E-state index >= 15 is 0 Å². The van der Waals surface area contributed by atoms with Gasteiger partial charge in [-0.2, -0.15) is 0 Å². The third-order valence-corrected chi connectivity index (χ3v) is 5.85. The largest absolute Gasteiger partial charge is 0.423 e. The van der Waals surface area contributed by atoms with Crippen LogP contribution in [0.4, 0.5) is 20.8 Å². The van der Waals surface area contributed by atoms with E-state index in [0.29, 0.717) is 48.9 Å². The number of aromatic nitrogens is 2. The number of piperazine rings is 1. The van der Waals surface area contributed by atoms with Crippen LogP contribution in [0.3, 0.4) is 0 Å². The monoisotopic (exact) mass is 486 g/mol. The maximum atomic E-state index is 15.0. The van der Waals surface area contributed by atoms with Crippen molar-refractivity contribution < 1.29 is 28.2 Å². The van der Waals surface area contributed by atoms with Crippen molar-refractivity contribution in [2.24, 2.45) is 0 Å². The van der Waals surface area contributed by atoms with Gasteiger partial charge in [-0.25, -0.2) is 19.2 Å². The quantitative estimate of drug-likeness (QED) is 0.624. The average molecular weight is 487 g/mol. The molecule has 186 valence electrons. The summed E-state index contributed by atoms with van der Waals surface area (Å²) in [4.78, 5) is 49.4. The number of halogens is 1. The highest BCUT2D eigenvalue weighted by molar-refractivity contribution is 5.90. The summed E-state index contributed by atoms with van der Waals surface area (Å²) in [6.45, 7) is 4.11. The van der Waals surface area contributed by atoms with Crippen molar-refractivity contribution in [3.05, 3.63) is 36.4 Å². The van der Waals surface area contributed by atoms with Crippen LogP contribution in [0.2, 0.25) is 0 Å². The second-order valence-corrected chi connectivity index (χ2v) is 8.14. The Morgan fingerprint density at radius 2 is 1.91 bits per heavy atom. The first-order chi connectivity index (χ1) is 16.9. The van der Waals surface area contributed by atoms with Gasteiger partial charge in [-0.1, -0.05) is 6.92 Å². The van der Waals surface area contributed by atoms with Gasteiger partial charge in [0.2, 0.25) is 17.8 Å². The molecular weight excluding hydrogens is 459 g/mol. The van der Waals surface area contributed by atoms with Crippen LogP contribution >= 0.6 is 0 Å². The maximum absolute atomic E-state index is 15.0. The van der Waals surface area contributed by atoms with E-state index in [4.69, 9.17) is 9.47 Å². The Bertz CT molecular complexity index is 1090. The third-order valence-electron chi connectivity index (χ3n) is 5.85. The summed E-state index contributed by atoms with van der Waals surface area (Å²) in [7, 11) is 1.49. The molecule has 2 aromatic rings. The average Bonchev–Trinajstić information content (AvgIpc) is 3.24. The number of nitrogens with one attached hydrogen (secondary N) is 1. The summed E-state index contributed by atoms with van der Waals surface area (Å²) in [5.41, 5.74) is 1.10. The van der Waals surface area contributed by atoms with Gasteiger partial charge in [0.25, 0.3) is 0 Å². The Balaban J connectivity index is 1.40. The summed E-state index contributed by atoms with van der Waals surface area (Å²) < 4.78 is 25.0. The zero-order valence-electron chi connectivity index (χ0n) is 19.6. The highest BCUT2D eigenvalue weighted by Crippen LogP contribution is 2.29. The number of cyclic esters (lactones) is 1. The molecule has 0 radical (unpaired) electrons. The van der Waals surface area contributed by atoms with Crippen LogP contribution in [0.25, 0.3) is 11.1 Å². The van der Waals surface area contributed by atoms with E-state index in [-0.39, 0.29) is 31.4 Å². The number of ether oxygens (including phenoxy) is 2. The minimum atomic E-state index is -0.779. The molecule has 1 atom stereocenters. The van der Waals surface area contributed by atoms with Crippen molar-refractivity contribution in [1.29, 1.82) is 0 Å². The summed E-state index contributed by atoms with van der Waals surface area (Å²) in [6, 6.07) is 4.40. The molecule has 1 aromatic carbocycles. The molecule has 2 aliphatic heterocycles. The number of rotatable bonds is 7. The number of carbonyl (C=O) groups excluding carboxylic acids is 3. The maximum Gasteiger partial charge on any atom is 0.416 e. The second-order valence-electron chi connectivity index (χ2n) is 8.14. The van der Waals surface area contributed by atoms with E-state index in [0.717, 1.165) is 0 Å². The van der Waals surface area contributed by atoms with Crippen molar-refractivity contribution in [1.82, 2.24) is 20.2 Å². The van der Waals surface area contributed by atoms with Gasteiger partial charge in [-0.15, -0.1) is 0 Å². The number of hydrogen-bond donors (Lipinski definition) is 1. The molecule has 12 heteroatoms. The number of hydrogen-bond acceptors (Lipinski definition) is 8. The lowest BCUT2D eigenvalue weighted by Gasteiger charge is -2.34. The zero-order valence-corrected chi connectivity index (χ0v) is 19.6. The Labute approximate surface area is 201 Å². The number of anilines is 2. The van der Waals surface area contributed by atoms with Gasteiger partial charge in [-0.05, 0) is 18.2 Å². The van der Waals surface area contributed by atoms with E-state index in [1.165, 1.54) is 18.1 Å². The molecule has 2 fully saturated rings. The molecule has 0 bridgehead atoms. The van der Waals surface area contributed by atoms with Crippen molar-refractivity contribution in [2.45, 2.75) is 19.6 Å². The standard InChI is InChI=1S/C23H27FN6O5/c1-3-19(31)27-20-13-30(23(33)35-20)16-4-5-17(18(24)10-16)15-11-25-22(26-12-15)29-8-6-28(7-9-29)21(32)14-34-2/h4-5,10-12,20H,3,6-9,13-14H2,1-2H3,(H,27,31). The van der Waals surface area contributed by atoms with Gasteiger partial charge in [0, 0.05) is 63.2 Å². The van der Waals surface area contributed by atoms with Crippen LogP contribution < -0.4 is 15.1 Å². The first-order valence-corrected chi connectivity index (χ1v) is 11.3. The van der Waals surface area contributed by atoms with Gasteiger partial charge < -0.3 is 24.6 Å². The molecule has 35 heavy (non-hydrogen) atoms. The molecule has 0 aliphatic carbocycles. The summed E-state index contributed by atoms with van der Waals surface area (Å²) in [5.74, 6) is -0.329. The highest BCUT2D eigenvalue weighted by atomic mass is 19.1. The molecular formula is C23H27FN6O5. The summed E-state index contributed by atoms with van der Waals surface area (Å²) in [5, 5.41) is 2.59. The lowest BCUT2D eigenvalue weighted by molar-refractivity contribution is -0.135. The van der Waals surface area contributed by atoms with E-state index < -0.39 is 18.1 Å². The SMILES string of the molecule is CCC(=O)NC1CN(c2ccc(-c3cnc(N4CCN(C(=O)COC)CC4)nc3)c(F)c2)C(=O)O1. The number of methoxy groups -OCH3 is 1. The van der Waals surface area contributed by atoms with Gasteiger partial charge in [0.1, 0.15) is 12.4 Å². The number of benzene rings is 1. The minimum absolute atomic E-state index is 0.0502. The minimum Gasteiger partial charge on any atom is -0.423 e. The Morgan fingerprint density at radius 3 is 2.54 bits per heavy atom. The molecule has 1 N–H and O–H groups in total. The van der Waals surface area contributed by atoms with Crippen LogP contribution in [0.1, 0.15) is 13.3 Å². The van der Waals surface area contributed by atoms with E-state index in [2.05, 4.69) is 15.3 Å². The molecule has 2 saturated heterocycles. The Hall–Kier alpha value is -3.80. The predicted octanol–water partition coefficient (Wildman–Crippen LogP) is 1.39. The first-order valence-electron chi connectivity index (χ1n) is 11.3. The molecule has 0 saturated carbocycles. The van der Waals surface area contributed by atoms with Crippen LogP contribution in [0.15, 0.2) is 30.6 Å². The zero-order chi connectivity index (χ0) is 24.9. The molecule has 3 heterocycles. The topological polar surface area (TPSA) is 117 Å². The van der Waals surface area contributed by atoms with Crippen LogP contribution in [0.5, 0.6) is 0 Å². The fourth-order valence-corrected chi connectivity index (χ4v) is 3.93. The van der Waals surface area contributed by atoms with Crippen LogP contribution in [-0.2, 0) is 19.1 Å². The lowest BCUT2D eigenvalue weighted by Crippen LogP contribution is -2.50. The fourth-order valence-electron chi connectivity index (χ4n) is 3.93. The first kappa shape index (κ1) is 24.3. The van der Waals surface area contributed by atoms with E-state index in [1.807, 2.05) is 4.90 Å². The molecule has 4 rings (SSSR count). The summed E-state index contributed by atoms with van der Waals surface area (Å²) >= 11 is 0. The van der Waals surface area contributed by atoms with E-state index in [9.17, 15) is 18.8 Å². The number of amides is 3. The smallest absolute Gasteiger partial charge is 0.416 e. The molecule has 11 nitrogen and oxygen atoms in total. The van der Waals surface area contributed by atoms with E-state index in [1.54, 1.807) is 36.4 Å². The number of carbonyl (C=O) groups is 3. The molecule has 3 amide bonds. The lowest BCUT2D eigenvalue weighted by atomic mass is 10.1. The van der Waals surface area contributed by atoms with Crippen molar-refractivity contribution in [2.75, 3.05) is 56.2 Å². The second kappa shape index (κ2) is 10.6. The Morgan fingerprint density at radius 1 is 1.20 bits per heavy atom. The summed E-state index contributed by atoms with van der Waals surface area (Å²) in [6.07, 6.45) is 1.92. The van der Waals surface area contributed by atoms with Gasteiger partial charge >= 0.3 is 6.09 Å². The van der Waals surface area contributed by atoms with Crippen molar-refractivity contribution >= 4 is 29.5 Å². The fraction of sp³-hybridized carbons (Fsp3) is 0.435. The van der Waals surface area contributed by atoms with Crippen molar-refractivity contribution in [3.63, 3.8) is 0 Å². The normalized spacial score (nSPS) is 18.0. The van der Waals surface area contributed by atoms with Gasteiger partial charge in [0.05, 0.1) is 12.2 Å². The van der Waals surface area contributed by atoms with Crippen molar-refractivity contribution in [3.8, 4) is 11.1 Å². The molecule has 1 aromatic heterocycles. The molecule has 2 aliphatic rings.